The van der Waals surface area contributed by atoms with E-state index >= 15 is 0 Å². The number of thioether (sulfide) groups is 1. The highest BCUT2D eigenvalue weighted by atomic mass is 32.2. The minimum absolute atomic E-state index is 0.413. The van der Waals surface area contributed by atoms with Crippen LogP contribution in [-0.2, 0) is 0 Å². The Morgan fingerprint density at radius 1 is 1.42 bits per heavy atom. The van der Waals surface area contributed by atoms with Gasteiger partial charge in [-0.05, 0) is 19.3 Å². The predicted octanol–water partition coefficient (Wildman–Crippen LogP) is 2.52. The lowest BCUT2D eigenvalue weighted by Crippen LogP contribution is -2.56. The van der Waals surface area contributed by atoms with Crippen LogP contribution in [0, 0.1) is 5.41 Å². The zero-order valence-electron chi connectivity index (χ0n) is 8.90. The Labute approximate surface area is 80.7 Å². The van der Waals surface area contributed by atoms with Crippen molar-refractivity contribution in [2.24, 2.45) is 5.41 Å². The minimum atomic E-state index is 0.413. The Balaban J connectivity index is 2.25. The molecule has 1 aliphatic heterocycles. The summed E-state index contributed by atoms with van der Waals surface area (Å²) in [5.74, 6) is 1.28. The van der Waals surface area contributed by atoms with Crippen molar-refractivity contribution >= 4 is 11.8 Å². The van der Waals surface area contributed by atoms with E-state index in [1.165, 1.54) is 5.75 Å². The minimum Gasteiger partial charge on any atom is -0.311 e. The molecule has 0 bridgehead atoms. The van der Waals surface area contributed by atoms with E-state index in [2.05, 4.69) is 51.7 Å². The van der Waals surface area contributed by atoms with Gasteiger partial charge in [0.2, 0.25) is 0 Å². The fourth-order valence-corrected chi connectivity index (χ4v) is 2.44. The van der Waals surface area contributed by atoms with E-state index in [0.29, 0.717) is 10.2 Å². The van der Waals surface area contributed by atoms with Gasteiger partial charge in [0.1, 0.15) is 0 Å². The van der Waals surface area contributed by atoms with Crippen LogP contribution in [0.25, 0.3) is 0 Å². The highest BCUT2D eigenvalue weighted by Crippen LogP contribution is 2.40. The molecule has 1 unspecified atom stereocenters. The average molecular weight is 187 g/mol. The van der Waals surface area contributed by atoms with Crippen molar-refractivity contribution in [3.63, 3.8) is 0 Å². The lowest BCUT2D eigenvalue weighted by Gasteiger charge is -2.45. The third-order valence-corrected chi connectivity index (χ3v) is 3.87. The number of hydrogen-bond donors (Lipinski definition) is 1. The summed E-state index contributed by atoms with van der Waals surface area (Å²) >= 11 is 2.06. The second-order valence-corrected chi connectivity index (χ2v) is 7.08. The van der Waals surface area contributed by atoms with Crippen LogP contribution in [0.15, 0.2) is 0 Å². The molecular formula is C10H21NS. The summed E-state index contributed by atoms with van der Waals surface area (Å²) in [5, 5.41) is 3.63. The molecule has 1 fully saturated rings. The first-order valence-corrected chi connectivity index (χ1v) is 5.67. The normalized spacial score (nSPS) is 28.2. The summed E-state index contributed by atoms with van der Waals surface area (Å²) in [6.07, 6.45) is 0. The summed E-state index contributed by atoms with van der Waals surface area (Å²) in [5.41, 5.74) is 0.413. The third-order valence-electron chi connectivity index (χ3n) is 2.34. The van der Waals surface area contributed by atoms with Crippen molar-refractivity contribution in [2.45, 2.75) is 45.4 Å². The Morgan fingerprint density at radius 3 is 2.25 bits per heavy atom. The monoisotopic (exact) mass is 187 g/mol. The van der Waals surface area contributed by atoms with Gasteiger partial charge in [0, 0.05) is 23.1 Å². The van der Waals surface area contributed by atoms with Crippen LogP contribution in [0.2, 0.25) is 0 Å². The zero-order chi connectivity index (χ0) is 9.41. The maximum absolute atomic E-state index is 3.63. The molecule has 1 atom stereocenters. The van der Waals surface area contributed by atoms with Gasteiger partial charge in [0.05, 0.1) is 0 Å². The van der Waals surface area contributed by atoms with Gasteiger partial charge in [-0.15, -0.1) is 0 Å². The molecule has 1 N–H and O–H groups in total. The Morgan fingerprint density at radius 2 is 2.00 bits per heavy atom. The molecule has 0 spiro atoms. The van der Waals surface area contributed by atoms with Crippen LogP contribution >= 0.6 is 11.8 Å². The topological polar surface area (TPSA) is 12.0 Å². The van der Waals surface area contributed by atoms with E-state index in [0.717, 1.165) is 12.6 Å². The molecule has 1 heterocycles. The van der Waals surface area contributed by atoms with Gasteiger partial charge in [-0.2, -0.15) is 11.8 Å². The fraction of sp³-hybridized carbons (Fsp3) is 1.00. The summed E-state index contributed by atoms with van der Waals surface area (Å²) in [7, 11) is 0. The van der Waals surface area contributed by atoms with Gasteiger partial charge >= 0.3 is 0 Å². The van der Waals surface area contributed by atoms with Crippen LogP contribution in [0.4, 0.5) is 0 Å². The molecule has 0 aromatic heterocycles. The first-order chi connectivity index (χ1) is 5.31. The van der Waals surface area contributed by atoms with Gasteiger partial charge < -0.3 is 5.32 Å². The van der Waals surface area contributed by atoms with E-state index in [4.69, 9.17) is 0 Å². The Hall–Kier alpha value is 0.310. The number of nitrogens with one attached hydrogen (secondary N) is 1. The van der Waals surface area contributed by atoms with Crippen molar-refractivity contribution < 1.29 is 0 Å². The largest absolute Gasteiger partial charge is 0.311 e. The molecule has 1 nitrogen and oxygen atoms in total. The van der Waals surface area contributed by atoms with Crippen molar-refractivity contribution in [2.75, 3.05) is 12.3 Å². The summed E-state index contributed by atoms with van der Waals surface area (Å²) in [6, 6.07) is 0.724. The maximum atomic E-state index is 3.63. The third kappa shape index (κ3) is 2.67. The van der Waals surface area contributed by atoms with Crippen LogP contribution < -0.4 is 5.32 Å². The molecule has 1 rings (SSSR count). The molecule has 72 valence electrons. The van der Waals surface area contributed by atoms with Gasteiger partial charge in [0.25, 0.3) is 0 Å². The summed E-state index contributed by atoms with van der Waals surface area (Å²) in [6.45, 7) is 12.6. The fourth-order valence-electron chi connectivity index (χ4n) is 1.23. The number of hydrogen-bond acceptors (Lipinski definition) is 2. The van der Waals surface area contributed by atoms with E-state index in [9.17, 15) is 0 Å². The molecule has 0 aromatic rings. The molecular weight excluding hydrogens is 166 g/mol. The second-order valence-electron chi connectivity index (χ2n) is 5.41. The molecule has 0 radical (unpaired) electrons. The molecule has 1 saturated heterocycles. The summed E-state index contributed by atoms with van der Waals surface area (Å²) < 4.78 is 0.464. The lowest BCUT2D eigenvalue weighted by molar-refractivity contribution is 0.330. The van der Waals surface area contributed by atoms with Crippen molar-refractivity contribution in [3.05, 3.63) is 0 Å². The predicted molar refractivity (Wildman–Crippen MR) is 57.8 cm³/mol. The molecule has 2 heteroatoms. The van der Waals surface area contributed by atoms with Crippen molar-refractivity contribution in [1.82, 2.24) is 5.32 Å². The van der Waals surface area contributed by atoms with Crippen LogP contribution in [0.1, 0.15) is 34.6 Å². The van der Waals surface area contributed by atoms with Crippen LogP contribution in [0.3, 0.4) is 0 Å². The first-order valence-electron chi connectivity index (χ1n) is 4.69. The van der Waals surface area contributed by atoms with Gasteiger partial charge in [-0.3, -0.25) is 0 Å². The standard InChI is InChI=1S/C10H21NS/c1-9(2,3)7-11-8-6-12-10(8,4)5/h8,11H,6-7H2,1-5H3. The summed E-state index contributed by atoms with van der Waals surface area (Å²) in [4.78, 5) is 0. The second kappa shape index (κ2) is 3.22. The van der Waals surface area contributed by atoms with E-state index in [1.54, 1.807) is 0 Å². The maximum Gasteiger partial charge on any atom is 0.0300 e. The van der Waals surface area contributed by atoms with E-state index in [-0.39, 0.29) is 0 Å². The number of rotatable bonds is 2. The highest BCUT2D eigenvalue weighted by molar-refractivity contribution is 8.02. The molecule has 0 amide bonds. The van der Waals surface area contributed by atoms with Gasteiger partial charge in [-0.25, -0.2) is 0 Å². The quantitative estimate of drug-likeness (QED) is 0.713. The van der Waals surface area contributed by atoms with Crippen LogP contribution in [0.5, 0.6) is 0 Å². The van der Waals surface area contributed by atoms with Crippen molar-refractivity contribution in [3.8, 4) is 0 Å². The average Bonchev–Trinajstić information content (AvgIpc) is 1.83. The molecule has 1 aliphatic rings. The van der Waals surface area contributed by atoms with E-state index in [1.807, 2.05) is 0 Å². The zero-order valence-corrected chi connectivity index (χ0v) is 9.72. The van der Waals surface area contributed by atoms with Gasteiger partial charge in [-0.1, -0.05) is 20.8 Å². The Kier molecular flexibility index (Phi) is 2.79. The van der Waals surface area contributed by atoms with E-state index < -0.39 is 0 Å². The van der Waals surface area contributed by atoms with Crippen molar-refractivity contribution in [1.29, 1.82) is 0 Å². The molecule has 0 aliphatic carbocycles. The molecule has 12 heavy (non-hydrogen) atoms. The highest BCUT2D eigenvalue weighted by Gasteiger charge is 2.39. The van der Waals surface area contributed by atoms with Gasteiger partial charge in [0.15, 0.2) is 0 Å². The first kappa shape index (κ1) is 10.4. The lowest BCUT2D eigenvalue weighted by atomic mass is 9.95. The Bertz CT molecular complexity index is 158. The smallest absolute Gasteiger partial charge is 0.0300 e. The SMILES string of the molecule is CC(C)(C)CNC1CSC1(C)C. The molecule has 0 aromatic carbocycles. The van der Waals surface area contributed by atoms with Crippen LogP contribution in [-0.4, -0.2) is 23.1 Å². The molecule has 0 saturated carbocycles.